The Bertz CT molecular complexity index is 1180. The number of hydrogen-bond acceptors (Lipinski definition) is 5. The number of aliphatic hydroxyl groups is 2. The van der Waals surface area contributed by atoms with Crippen molar-refractivity contribution in [3.8, 4) is 0 Å². The third-order valence-corrected chi connectivity index (χ3v) is 18.2. The number of unbranched alkanes of at least 4 members (excludes halogenated alkanes) is 61. The first-order valence-electron chi connectivity index (χ1n) is 37.8. The Kier molecular flexibility index (Phi) is 70.3. The highest BCUT2D eigenvalue weighted by atomic mass is 16.5. The number of carbonyl (C=O) groups is 2. The average Bonchev–Trinajstić information content (AvgIpc) is 3.47. The molecule has 484 valence electrons. The van der Waals surface area contributed by atoms with Crippen LogP contribution in [0, 0.1) is 0 Å². The standard InChI is InChI=1S/C75H149NO5/c1-3-5-7-9-11-13-15-17-19-21-32-36-39-43-47-51-55-59-63-67-73(78)72(71-77)76-74(79)68-64-60-56-52-48-44-40-37-33-30-28-26-24-22-23-25-27-29-31-34-38-42-46-50-54-58-62-66-70-81-75(80)69-65-61-57-53-49-45-41-35-20-18-16-14-12-10-8-6-4-2/h72-73,77-78H,3-71H2,1-2H3,(H,76,79). The van der Waals surface area contributed by atoms with E-state index in [0.29, 0.717) is 25.9 Å². The summed E-state index contributed by atoms with van der Waals surface area (Å²) in [5.74, 6) is -0.00211. The molecule has 3 N–H and O–H groups in total. The first-order chi connectivity index (χ1) is 40.0. The zero-order valence-electron chi connectivity index (χ0n) is 55.6. The molecule has 6 heteroatoms. The van der Waals surface area contributed by atoms with E-state index >= 15 is 0 Å². The quantitative estimate of drug-likeness (QED) is 0.0417. The molecular weight excluding hydrogens is 995 g/mol. The van der Waals surface area contributed by atoms with Gasteiger partial charge >= 0.3 is 5.97 Å². The van der Waals surface area contributed by atoms with Gasteiger partial charge in [0.15, 0.2) is 0 Å². The maximum absolute atomic E-state index is 12.5. The summed E-state index contributed by atoms with van der Waals surface area (Å²) in [7, 11) is 0. The van der Waals surface area contributed by atoms with Crippen LogP contribution in [0.25, 0.3) is 0 Å². The highest BCUT2D eigenvalue weighted by Crippen LogP contribution is 2.20. The maximum atomic E-state index is 12.5. The zero-order chi connectivity index (χ0) is 58.5. The van der Waals surface area contributed by atoms with Gasteiger partial charge in [-0.05, 0) is 25.7 Å². The fourth-order valence-corrected chi connectivity index (χ4v) is 12.4. The second-order valence-electron chi connectivity index (χ2n) is 26.4. The molecule has 81 heavy (non-hydrogen) atoms. The van der Waals surface area contributed by atoms with Crippen LogP contribution in [0.15, 0.2) is 0 Å². The summed E-state index contributed by atoms with van der Waals surface area (Å²) in [6, 6.07) is -0.539. The van der Waals surface area contributed by atoms with Gasteiger partial charge in [-0.25, -0.2) is 0 Å². The molecule has 0 aliphatic carbocycles. The fraction of sp³-hybridized carbons (Fsp3) is 0.973. The van der Waals surface area contributed by atoms with Gasteiger partial charge in [0.1, 0.15) is 0 Å². The summed E-state index contributed by atoms with van der Waals surface area (Å²) in [6.45, 7) is 5.02. The van der Waals surface area contributed by atoms with E-state index in [4.69, 9.17) is 4.74 Å². The molecule has 2 atom stereocenters. The van der Waals surface area contributed by atoms with Crippen LogP contribution in [0.1, 0.15) is 444 Å². The highest BCUT2D eigenvalue weighted by molar-refractivity contribution is 5.76. The molecular formula is C75H149NO5. The molecule has 0 saturated heterocycles. The lowest BCUT2D eigenvalue weighted by molar-refractivity contribution is -0.143. The van der Waals surface area contributed by atoms with Crippen LogP contribution in [0.2, 0.25) is 0 Å². The lowest BCUT2D eigenvalue weighted by atomic mass is 10.0. The van der Waals surface area contributed by atoms with Crippen LogP contribution in [0.3, 0.4) is 0 Å². The molecule has 6 nitrogen and oxygen atoms in total. The van der Waals surface area contributed by atoms with E-state index in [2.05, 4.69) is 19.2 Å². The van der Waals surface area contributed by atoms with E-state index < -0.39 is 12.1 Å². The molecule has 1 amide bonds. The zero-order valence-corrected chi connectivity index (χ0v) is 55.6. The van der Waals surface area contributed by atoms with Gasteiger partial charge in [-0.15, -0.1) is 0 Å². The van der Waals surface area contributed by atoms with Crippen molar-refractivity contribution < 1.29 is 24.5 Å². The molecule has 0 saturated carbocycles. The lowest BCUT2D eigenvalue weighted by Gasteiger charge is -2.22. The van der Waals surface area contributed by atoms with E-state index in [1.165, 1.54) is 372 Å². The molecule has 0 radical (unpaired) electrons. The molecule has 0 rings (SSSR count). The second-order valence-corrected chi connectivity index (χ2v) is 26.4. The van der Waals surface area contributed by atoms with Crippen molar-refractivity contribution in [2.45, 2.75) is 456 Å². The van der Waals surface area contributed by atoms with Crippen LogP contribution in [0.5, 0.6) is 0 Å². The number of hydrogen-bond donors (Lipinski definition) is 3. The van der Waals surface area contributed by atoms with Gasteiger partial charge in [-0.1, -0.05) is 406 Å². The largest absolute Gasteiger partial charge is 0.466 e. The van der Waals surface area contributed by atoms with Crippen LogP contribution >= 0.6 is 0 Å². The highest BCUT2D eigenvalue weighted by Gasteiger charge is 2.20. The first kappa shape index (κ1) is 79.9. The number of amides is 1. The van der Waals surface area contributed by atoms with Crippen molar-refractivity contribution in [2.75, 3.05) is 13.2 Å². The summed E-state index contributed by atoms with van der Waals surface area (Å²) in [5.41, 5.74) is 0. The van der Waals surface area contributed by atoms with Crippen LogP contribution < -0.4 is 5.32 Å². The van der Waals surface area contributed by atoms with E-state index in [9.17, 15) is 19.8 Å². The Morgan fingerprint density at radius 2 is 0.506 bits per heavy atom. The molecule has 0 spiro atoms. The number of esters is 1. The van der Waals surface area contributed by atoms with Gasteiger partial charge in [0.2, 0.25) is 5.91 Å². The molecule has 0 fully saturated rings. The van der Waals surface area contributed by atoms with E-state index in [1.54, 1.807) is 0 Å². The Labute approximate surface area is 508 Å². The van der Waals surface area contributed by atoms with Gasteiger partial charge in [-0.3, -0.25) is 9.59 Å². The second kappa shape index (κ2) is 71.3. The number of carbonyl (C=O) groups excluding carboxylic acids is 2. The van der Waals surface area contributed by atoms with Crippen molar-refractivity contribution in [3.63, 3.8) is 0 Å². The summed E-state index contributed by atoms with van der Waals surface area (Å²) in [5, 5.41) is 23.4. The maximum Gasteiger partial charge on any atom is 0.305 e. The van der Waals surface area contributed by atoms with E-state index in [1.807, 2.05) is 0 Å². The topological polar surface area (TPSA) is 95.9 Å². The first-order valence-corrected chi connectivity index (χ1v) is 37.8. The molecule has 0 aromatic heterocycles. The minimum Gasteiger partial charge on any atom is -0.466 e. The monoisotopic (exact) mass is 1140 g/mol. The van der Waals surface area contributed by atoms with Crippen molar-refractivity contribution >= 4 is 11.9 Å². The Morgan fingerprint density at radius 3 is 0.753 bits per heavy atom. The number of rotatable bonds is 72. The third-order valence-electron chi connectivity index (χ3n) is 18.2. The fourth-order valence-electron chi connectivity index (χ4n) is 12.4. The van der Waals surface area contributed by atoms with Crippen LogP contribution in [0.4, 0.5) is 0 Å². The van der Waals surface area contributed by atoms with Crippen LogP contribution in [-0.4, -0.2) is 47.4 Å². The molecule has 0 heterocycles. The summed E-state index contributed by atoms with van der Waals surface area (Å²) < 4.78 is 5.51. The lowest BCUT2D eigenvalue weighted by Crippen LogP contribution is -2.45. The van der Waals surface area contributed by atoms with Gasteiger partial charge in [0.05, 0.1) is 25.4 Å². The van der Waals surface area contributed by atoms with E-state index in [-0.39, 0.29) is 18.5 Å². The third kappa shape index (κ3) is 67.9. The SMILES string of the molecule is CCCCCCCCCCCCCCCCCCCCCC(O)C(CO)NC(=O)CCCCCCCCCCCCCCCCCCCCCCCCCCCCCCOC(=O)CCCCCCCCCCCCCCCCCCC. The van der Waals surface area contributed by atoms with E-state index in [0.717, 1.165) is 38.5 Å². The van der Waals surface area contributed by atoms with Gasteiger partial charge in [0.25, 0.3) is 0 Å². The molecule has 0 aromatic carbocycles. The average molecular weight is 1150 g/mol. The summed E-state index contributed by atoms with van der Waals surface area (Å²) in [4.78, 5) is 24.7. The number of ether oxygens (including phenoxy) is 1. The summed E-state index contributed by atoms with van der Waals surface area (Å²) >= 11 is 0. The number of nitrogens with one attached hydrogen (secondary N) is 1. The normalized spacial score (nSPS) is 12.4. The molecule has 0 bridgehead atoms. The van der Waals surface area contributed by atoms with Crippen molar-refractivity contribution in [1.29, 1.82) is 0 Å². The molecule has 0 aliphatic heterocycles. The Morgan fingerprint density at radius 1 is 0.296 bits per heavy atom. The molecule has 2 unspecified atom stereocenters. The van der Waals surface area contributed by atoms with Gasteiger partial charge in [-0.2, -0.15) is 0 Å². The Hall–Kier alpha value is -1.14. The minimum atomic E-state index is -0.662. The van der Waals surface area contributed by atoms with Gasteiger partial charge < -0.3 is 20.3 Å². The van der Waals surface area contributed by atoms with Crippen molar-refractivity contribution in [3.05, 3.63) is 0 Å². The Balaban J connectivity index is 3.32. The van der Waals surface area contributed by atoms with Crippen molar-refractivity contribution in [1.82, 2.24) is 5.32 Å². The van der Waals surface area contributed by atoms with Crippen molar-refractivity contribution in [2.24, 2.45) is 0 Å². The predicted octanol–water partition coefficient (Wildman–Crippen LogP) is 24.5. The smallest absolute Gasteiger partial charge is 0.305 e. The minimum absolute atomic E-state index is 0.0243. The molecule has 0 aliphatic rings. The van der Waals surface area contributed by atoms with Crippen LogP contribution in [-0.2, 0) is 14.3 Å². The number of aliphatic hydroxyl groups excluding tert-OH is 2. The summed E-state index contributed by atoms with van der Waals surface area (Å²) in [6.07, 6.45) is 87.4. The molecule has 0 aromatic rings. The predicted molar refractivity (Wildman–Crippen MR) is 357 cm³/mol. The van der Waals surface area contributed by atoms with Gasteiger partial charge in [0, 0.05) is 12.8 Å².